The van der Waals surface area contributed by atoms with Crippen LogP contribution in [0.4, 0.5) is 0 Å². The zero-order valence-corrected chi connectivity index (χ0v) is 20.7. The van der Waals surface area contributed by atoms with Gasteiger partial charge in [-0.3, -0.25) is 0 Å². The quantitative estimate of drug-likeness (QED) is 0.403. The van der Waals surface area contributed by atoms with Crippen molar-refractivity contribution in [2.45, 2.75) is 172 Å². The molecular formula is C29H55B. The normalized spacial score (nSPS) is 31.1. The SMILES string of the molecule is B(C1CCCCCCCCCC1)C1CCCC(C2CCCCCCCCC2)CCC1. The Balaban J connectivity index is 1.40. The molecule has 3 saturated carbocycles. The van der Waals surface area contributed by atoms with Crippen molar-refractivity contribution < 1.29 is 0 Å². The Hall–Kier alpha value is 0.0649. The van der Waals surface area contributed by atoms with Gasteiger partial charge >= 0.3 is 0 Å². The molecule has 0 aliphatic heterocycles. The van der Waals surface area contributed by atoms with Crippen molar-refractivity contribution >= 4 is 7.28 Å². The van der Waals surface area contributed by atoms with Gasteiger partial charge in [-0.2, -0.15) is 0 Å². The third-order valence-corrected chi connectivity index (χ3v) is 9.33. The van der Waals surface area contributed by atoms with Crippen LogP contribution in [0.3, 0.4) is 0 Å². The van der Waals surface area contributed by atoms with E-state index in [0.717, 1.165) is 23.5 Å². The van der Waals surface area contributed by atoms with Crippen LogP contribution in [-0.2, 0) is 0 Å². The Morgan fingerprint density at radius 1 is 0.267 bits per heavy atom. The lowest BCUT2D eigenvalue weighted by molar-refractivity contribution is 0.225. The summed E-state index contributed by atoms with van der Waals surface area (Å²) in [5, 5.41) is 0. The molecule has 0 radical (unpaired) electrons. The fourth-order valence-electron chi connectivity index (χ4n) is 7.42. The lowest BCUT2D eigenvalue weighted by atomic mass is 9.49. The van der Waals surface area contributed by atoms with Crippen LogP contribution >= 0.6 is 0 Å². The zero-order valence-electron chi connectivity index (χ0n) is 20.7. The summed E-state index contributed by atoms with van der Waals surface area (Å²) in [5.74, 6) is 4.32. The second-order valence-corrected chi connectivity index (χ2v) is 11.8. The summed E-state index contributed by atoms with van der Waals surface area (Å²) in [5.41, 5.74) is 0. The van der Waals surface area contributed by atoms with Gasteiger partial charge < -0.3 is 0 Å². The monoisotopic (exact) mass is 414 g/mol. The van der Waals surface area contributed by atoms with E-state index in [0.29, 0.717) is 0 Å². The molecule has 0 aromatic rings. The van der Waals surface area contributed by atoms with E-state index in [1.807, 2.05) is 0 Å². The van der Waals surface area contributed by atoms with Crippen LogP contribution in [-0.4, -0.2) is 7.28 Å². The molecule has 0 N–H and O–H groups in total. The molecule has 3 aliphatic carbocycles. The first kappa shape index (κ1) is 24.7. The molecule has 0 atom stereocenters. The van der Waals surface area contributed by atoms with Crippen molar-refractivity contribution in [3.05, 3.63) is 0 Å². The number of rotatable bonds is 3. The second kappa shape index (κ2) is 15.8. The molecule has 3 rings (SSSR count). The molecule has 0 bridgehead atoms. The van der Waals surface area contributed by atoms with Gasteiger partial charge in [0.1, 0.15) is 7.28 Å². The summed E-state index contributed by atoms with van der Waals surface area (Å²) in [4.78, 5) is 0. The molecule has 1 heteroatoms. The fourth-order valence-corrected chi connectivity index (χ4v) is 7.42. The Morgan fingerprint density at radius 2 is 0.533 bits per heavy atom. The Labute approximate surface area is 191 Å². The molecule has 0 amide bonds. The van der Waals surface area contributed by atoms with Gasteiger partial charge in [0.25, 0.3) is 0 Å². The first-order valence-electron chi connectivity index (χ1n) is 14.9. The average Bonchev–Trinajstić information content (AvgIpc) is 2.80. The summed E-state index contributed by atoms with van der Waals surface area (Å²) >= 11 is 0. The Morgan fingerprint density at radius 3 is 0.933 bits per heavy atom. The van der Waals surface area contributed by atoms with Gasteiger partial charge in [0.05, 0.1) is 0 Å². The van der Waals surface area contributed by atoms with E-state index in [-0.39, 0.29) is 0 Å². The predicted molar refractivity (Wildman–Crippen MR) is 137 cm³/mol. The van der Waals surface area contributed by atoms with Crippen molar-refractivity contribution in [2.24, 2.45) is 11.8 Å². The van der Waals surface area contributed by atoms with E-state index in [2.05, 4.69) is 0 Å². The molecule has 0 heterocycles. The van der Waals surface area contributed by atoms with Gasteiger partial charge in [-0.25, -0.2) is 0 Å². The molecule has 3 aliphatic rings. The number of hydrogen-bond donors (Lipinski definition) is 0. The second-order valence-electron chi connectivity index (χ2n) is 11.8. The van der Waals surface area contributed by atoms with Crippen LogP contribution in [0.5, 0.6) is 0 Å². The molecule has 30 heavy (non-hydrogen) atoms. The highest BCUT2D eigenvalue weighted by Gasteiger charge is 2.25. The minimum absolute atomic E-state index is 1.07. The van der Waals surface area contributed by atoms with Gasteiger partial charge in [-0.1, -0.05) is 172 Å². The Kier molecular flexibility index (Phi) is 13.0. The molecule has 0 nitrogen and oxygen atoms in total. The number of hydrogen-bond acceptors (Lipinski definition) is 0. The van der Waals surface area contributed by atoms with Crippen molar-refractivity contribution in [2.75, 3.05) is 0 Å². The third kappa shape index (κ3) is 10.1. The highest BCUT2D eigenvalue weighted by molar-refractivity contribution is 6.39. The largest absolute Gasteiger partial charge is 0.127 e. The summed E-state index contributed by atoms with van der Waals surface area (Å²) < 4.78 is 0. The lowest BCUT2D eigenvalue weighted by Crippen LogP contribution is -2.20. The first-order valence-corrected chi connectivity index (χ1v) is 14.9. The van der Waals surface area contributed by atoms with Crippen LogP contribution in [0.1, 0.15) is 161 Å². The van der Waals surface area contributed by atoms with Crippen LogP contribution < -0.4 is 0 Å². The topological polar surface area (TPSA) is 0 Å². The van der Waals surface area contributed by atoms with Gasteiger partial charge in [0.15, 0.2) is 0 Å². The average molecular weight is 415 g/mol. The fraction of sp³-hybridized carbons (Fsp3) is 1.00. The van der Waals surface area contributed by atoms with E-state index in [9.17, 15) is 0 Å². The maximum absolute atomic E-state index is 1.59. The van der Waals surface area contributed by atoms with Gasteiger partial charge in [-0.05, 0) is 11.8 Å². The lowest BCUT2D eigenvalue weighted by Gasteiger charge is -2.32. The molecule has 0 aromatic carbocycles. The summed E-state index contributed by atoms with van der Waals surface area (Å²) in [6, 6.07) is 0. The molecular weight excluding hydrogens is 359 g/mol. The predicted octanol–water partition coefficient (Wildman–Crippen LogP) is 10.0. The maximum Gasteiger partial charge on any atom is 0.127 e. The van der Waals surface area contributed by atoms with Crippen LogP contribution in [0.25, 0.3) is 0 Å². The summed E-state index contributed by atoms with van der Waals surface area (Å²) in [7, 11) is 1.59. The van der Waals surface area contributed by atoms with Crippen LogP contribution in [0.15, 0.2) is 0 Å². The van der Waals surface area contributed by atoms with Gasteiger partial charge in [-0.15, -0.1) is 0 Å². The van der Waals surface area contributed by atoms with E-state index in [4.69, 9.17) is 0 Å². The minimum Gasteiger partial charge on any atom is -0.0654 e. The molecule has 174 valence electrons. The third-order valence-electron chi connectivity index (χ3n) is 9.33. The molecule has 0 aromatic heterocycles. The van der Waals surface area contributed by atoms with Crippen molar-refractivity contribution in [3.8, 4) is 0 Å². The van der Waals surface area contributed by atoms with Crippen LogP contribution in [0.2, 0.25) is 11.6 Å². The van der Waals surface area contributed by atoms with Crippen LogP contribution in [0, 0.1) is 11.8 Å². The van der Waals surface area contributed by atoms with Crippen molar-refractivity contribution in [3.63, 3.8) is 0 Å². The highest BCUT2D eigenvalue weighted by Crippen LogP contribution is 2.39. The van der Waals surface area contributed by atoms with Crippen molar-refractivity contribution in [1.29, 1.82) is 0 Å². The minimum atomic E-state index is 1.07. The maximum atomic E-state index is 1.59. The molecule has 0 unspecified atom stereocenters. The van der Waals surface area contributed by atoms with E-state index in [1.54, 1.807) is 71.5 Å². The standard InChI is InChI=1S/C29H55B/c1-2-7-11-15-23-28(22-14-10-6-1)30-29-24-16-20-27(21-17-25-29)26-18-12-8-4-3-5-9-13-19-26/h26-30H,1-25H2. The molecule has 3 fully saturated rings. The molecule has 0 saturated heterocycles. The summed E-state index contributed by atoms with van der Waals surface area (Å²) in [6.07, 6.45) is 38.4. The van der Waals surface area contributed by atoms with Gasteiger partial charge in [0.2, 0.25) is 0 Å². The summed E-state index contributed by atoms with van der Waals surface area (Å²) in [6.45, 7) is 0. The van der Waals surface area contributed by atoms with Gasteiger partial charge in [0, 0.05) is 0 Å². The van der Waals surface area contributed by atoms with Crippen molar-refractivity contribution in [1.82, 2.24) is 0 Å². The Bertz CT molecular complexity index is 373. The zero-order chi connectivity index (χ0) is 20.7. The van der Waals surface area contributed by atoms with E-state index in [1.165, 1.54) is 96.3 Å². The van der Waals surface area contributed by atoms with E-state index < -0.39 is 0 Å². The van der Waals surface area contributed by atoms with E-state index >= 15 is 0 Å². The molecule has 0 spiro atoms. The highest BCUT2D eigenvalue weighted by atomic mass is 14.3. The smallest absolute Gasteiger partial charge is 0.0654 e. The first-order chi connectivity index (χ1) is 14.9.